The molecular formula is C18H26N4O4. The Morgan fingerprint density at radius 2 is 1.73 bits per heavy atom. The van der Waals surface area contributed by atoms with E-state index in [4.69, 9.17) is 0 Å². The quantitative estimate of drug-likeness (QED) is 0.659. The highest BCUT2D eigenvalue weighted by Crippen LogP contribution is 2.32. The van der Waals surface area contributed by atoms with Crippen molar-refractivity contribution in [3.8, 4) is 0 Å². The molecule has 1 aromatic rings. The molecule has 2 rings (SSSR count). The molecule has 1 fully saturated rings. The highest BCUT2D eigenvalue weighted by atomic mass is 16.6. The molecule has 1 aliphatic heterocycles. The van der Waals surface area contributed by atoms with Crippen molar-refractivity contribution in [3.05, 3.63) is 39.4 Å². The molecule has 26 heavy (non-hydrogen) atoms. The lowest BCUT2D eigenvalue weighted by molar-refractivity contribution is -0.386. The number of benzene rings is 1. The first-order valence-corrected chi connectivity index (χ1v) is 8.76. The minimum Gasteiger partial charge on any atom is -0.338 e. The predicted molar refractivity (Wildman–Crippen MR) is 98.3 cm³/mol. The first kappa shape index (κ1) is 19.7. The van der Waals surface area contributed by atoms with Gasteiger partial charge in [-0.05, 0) is 18.4 Å². The molecule has 0 bridgehead atoms. The van der Waals surface area contributed by atoms with Crippen LogP contribution in [0.4, 0.5) is 10.5 Å². The summed E-state index contributed by atoms with van der Waals surface area (Å²) in [7, 11) is 0. The summed E-state index contributed by atoms with van der Waals surface area (Å²) in [5.41, 5.74) is 0.475. The summed E-state index contributed by atoms with van der Waals surface area (Å²) in [6, 6.07) is 4.53. The largest absolute Gasteiger partial charge is 0.338 e. The van der Waals surface area contributed by atoms with Gasteiger partial charge in [0.2, 0.25) is 0 Å². The molecule has 8 heteroatoms. The van der Waals surface area contributed by atoms with Gasteiger partial charge in [0.1, 0.15) is 0 Å². The first-order chi connectivity index (χ1) is 12.1. The van der Waals surface area contributed by atoms with Crippen molar-refractivity contribution in [2.24, 2.45) is 0 Å². The van der Waals surface area contributed by atoms with Crippen molar-refractivity contribution in [1.82, 2.24) is 15.1 Å². The molecule has 1 saturated heterocycles. The smallest absolute Gasteiger partial charge is 0.317 e. The highest BCUT2D eigenvalue weighted by molar-refractivity contribution is 5.95. The number of nitrogens with one attached hydrogen (secondary N) is 1. The summed E-state index contributed by atoms with van der Waals surface area (Å²) >= 11 is 0. The van der Waals surface area contributed by atoms with Crippen LogP contribution in [0.3, 0.4) is 0 Å². The van der Waals surface area contributed by atoms with Crippen molar-refractivity contribution < 1.29 is 14.5 Å². The minimum atomic E-state index is -0.440. The maximum Gasteiger partial charge on any atom is 0.317 e. The molecule has 0 spiro atoms. The van der Waals surface area contributed by atoms with E-state index in [9.17, 15) is 19.7 Å². The Morgan fingerprint density at radius 1 is 1.15 bits per heavy atom. The van der Waals surface area contributed by atoms with Crippen LogP contribution >= 0.6 is 0 Å². The number of nitro groups is 1. The Balaban J connectivity index is 2.15. The summed E-state index contributed by atoms with van der Waals surface area (Å²) in [6.45, 7) is 9.81. The summed E-state index contributed by atoms with van der Waals surface area (Å²) in [4.78, 5) is 38.8. The van der Waals surface area contributed by atoms with Gasteiger partial charge in [-0.3, -0.25) is 14.9 Å². The van der Waals surface area contributed by atoms with Crippen LogP contribution in [0.1, 0.15) is 43.6 Å². The van der Waals surface area contributed by atoms with Crippen LogP contribution in [-0.2, 0) is 5.41 Å². The van der Waals surface area contributed by atoms with E-state index >= 15 is 0 Å². The van der Waals surface area contributed by atoms with Gasteiger partial charge in [-0.2, -0.15) is 0 Å². The van der Waals surface area contributed by atoms with Crippen LogP contribution in [0.2, 0.25) is 0 Å². The van der Waals surface area contributed by atoms with Crippen LogP contribution in [0, 0.1) is 10.1 Å². The molecule has 0 aliphatic carbocycles. The monoisotopic (exact) mass is 362 g/mol. The van der Waals surface area contributed by atoms with E-state index < -0.39 is 4.92 Å². The fraction of sp³-hybridized carbons (Fsp3) is 0.556. The third-order valence-corrected chi connectivity index (χ3v) is 4.43. The summed E-state index contributed by atoms with van der Waals surface area (Å²) in [5, 5.41) is 14.2. The Hall–Kier alpha value is -2.64. The SMILES string of the molecule is CCNC(=O)N1CCN(C(=O)c2ccc(C(C)(C)C)c([N+](=O)[O-])c2)CC1. The fourth-order valence-corrected chi connectivity index (χ4v) is 3.01. The van der Waals surface area contributed by atoms with E-state index in [1.165, 1.54) is 6.07 Å². The molecule has 142 valence electrons. The lowest BCUT2D eigenvalue weighted by atomic mass is 9.85. The van der Waals surface area contributed by atoms with E-state index in [0.29, 0.717) is 43.9 Å². The second-order valence-electron chi connectivity index (χ2n) is 7.35. The normalized spacial score (nSPS) is 14.9. The van der Waals surface area contributed by atoms with Crippen molar-refractivity contribution in [2.45, 2.75) is 33.1 Å². The van der Waals surface area contributed by atoms with Crippen LogP contribution in [0.25, 0.3) is 0 Å². The Morgan fingerprint density at radius 3 is 2.23 bits per heavy atom. The van der Waals surface area contributed by atoms with Gasteiger partial charge >= 0.3 is 6.03 Å². The molecule has 1 heterocycles. The molecule has 1 aromatic carbocycles. The molecule has 0 unspecified atom stereocenters. The van der Waals surface area contributed by atoms with E-state index in [2.05, 4.69) is 5.32 Å². The molecular weight excluding hydrogens is 336 g/mol. The van der Waals surface area contributed by atoms with Gasteiger partial charge < -0.3 is 15.1 Å². The molecule has 1 aliphatic rings. The molecule has 0 atom stereocenters. The number of carbonyl (C=O) groups excluding carboxylic acids is 2. The Bertz CT molecular complexity index is 704. The van der Waals surface area contributed by atoms with E-state index in [1.54, 1.807) is 21.9 Å². The zero-order chi connectivity index (χ0) is 19.5. The van der Waals surface area contributed by atoms with Gasteiger partial charge in [0.05, 0.1) is 4.92 Å². The molecule has 0 saturated carbocycles. The molecule has 1 N–H and O–H groups in total. The lowest BCUT2D eigenvalue weighted by Gasteiger charge is -2.34. The molecule has 8 nitrogen and oxygen atoms in total. The number of hydrogen-bond acceptors (Lipinski definition) is 4. The van der Waals surface area contributed by atoms with Gasteiger partial charge in [0.25, 0.3) is 11.6 Å². The predicted octanol–water partition coefficient (Wildman–Crippen LogP) is 2.38. The van der Waals surface area contributed by atoms with Crippen molar-refractivity contribution in [3.63, 3.8) is 0 Å². The third-order valence-electron chi connectivity index (χ3n) is 4.43. The lowest BCUT2D eigenvalue weighted by Crippen LogP contribution is -2.53. The van der Waals surface area contributed by atoms with Gasteiger partial charge in [-0.15, -0.1) is 0 Å². The van der Waals surface area contributed by atoms with E-state index in [0.717, 1.165) is 0 Å². The maximum atomic E-state index is 12.7. The Labute approximate surface area is 153 Å². The average molecular weight is 362 g/mol. The van der Waals surface area contributed by atoms with Gasteiger partial charge in [0, 0.05) is 49.9 Å². The van der Waals surface area contributed by atoms with Crippen LogP contribution in [-0.4, -0.2) is 59.4 Å². The molecule has 3 amide bonds. The summed E-state index contributed by atoms with van der Waals surface area (Å²) in [6.07, 6.45) is 0. The molecule has 0 aromatic heterocycles. The van der Waals surface area contributed by atoms with Crippen molar-refractivity contribution in [2.75, 3.05) is 32.7 Å². The number of piperazine rings is 1. The second-order valence-corrected chi connectivity index (χ2v) is 7.35. The number of hydrogen-bond donors (Lipinski definition) is 1. The van der Waals surface area contributed by atoms with Gasteiger partial charge in [-0.25, -0.2) is 4.79 Å². The number of urea groups is 1. The number of amides is 3. The highest BCUT2D eigenvalue weighted by Gasteiger charge is 2.29. The van der Waals surface area contributed by atoms with E-state index in [-0.39, 0.29) is 23.0 Å². The average Bonchev–Trinajstić information content (AvgIpc) is 2.60. The maximum absolute atomic E-state index is 12.7. The number of nitrogens with zero attached hydrogens (tertiary/aromatic N) is 3. The Kier molecular flexibility index (Phi) is 5.84. The van der Waals surface area contributed by atoms with Crippen LogP contribution in [0.15, 0.2) is 18.2 Å². The minimum absolute atomic E-state index is 0.0377. The molecule has 0 radical (unpaired) electrons. The summed E-state index contributed by atoms with van der Waals surface area (Å²) in [5.74, 6) is -0.246. The first-order valence-electron chi connectivity index (χ1n) is 8.76. The zero-order valence-corrected chi connectivity index (χ0v) is 15.7. The van der Waals surface area contributed by atoms with Gasteiger partial charge in [0.15, 0.2) is 0 Å². The summed E-state index contributed by atoms with van der Waals surface area (Å²) < 4.78 is 0. The second kappa shape index (κ2) is 7.72. The topological polar surface area (TPSA) is 95.8 Å². The van der Waals surface area contributed by atoms with Crippen LogP contribution in [0.5, 0.6) is 0 Å². The standard InChI is InChI=1S/C18H26N4O4/c1-5-19-17(24)21-10-8-20(9-11-21)16(23)13-6-7-14(18(2,3)4)15(12-13)22(25)26/h6-7,12H,5,8-11H2,1-4H3,(H,19,24). The van der Waals surface area contributed by atoms with E-state index in [1.807, 2.05) is 27.7 Å². The van der Waals surface area contributed by atoms with Crippen LogP contribution < -0.4 is 5.32 Å². The number of rotatable bonds is 3. The van der Waals surface area contributed by atoms with Gasteiger partial charge in [-0.1, -0.05) is 26.8 Å². The number of nitro benzene ring substituents is 1. The fourth-order valence-electron chi connectivity index (χ4n) is 3.01. The number of carbonyl (C=O) groups is 2. The zero-order valence-electron chi connectivity index (χ0n) is 15.7. The third kappa shape index (κ3) is 4.30. The van der Waals surface area contributed by atoms with Crippen molar-refractivity contribution >= 4 is 17.6 Å². The van der Waals surface area contributed by atoms with Crippen molar-refractivity contribution in [1.29, 1.82) is 0 Å².